The number of piperidine rings is 1. The van der Waals surface area contributed by atoms with Crippen LogP contribution in [0.2, 0.25) is 0 Å². The number of hydrogen-bond donors (Lipinski definition) is 1. The van der Waals surface area contributed by atoms with Crippen molar-refractivity contribution >= 4 is 0 Å². The van der Waals surface area contributed by atoms with Crippen molar-refractivity contribution in [3.8, 4) is 0 Å². The van der Waals surface area contributed by atoms with Crippen LogP contribution in [-0.4, -0.2) is 37.1 Å². The molecule has 0 aromatic heterocycles. The van der Waals surface area contributed by atoms with Gasteiger partial charge in [-0.1, -0.05) is 12.1 Å². The quantitative estimate of drug-likeness (QED) is 0.864. The second-order valence-corrected chi connectivity index (χ2v) is 5.51. The number of hydrogen-bond acceptors (Lipinski definition) is 2. The lowest BCUT2D eigenvalue weighted by atomic mass is 9.89. The van der Waals surface area contributed by atoms with Crippen LogP contribution in [0, 0.1) is 5.82 Å². The Morgan fingerprint density at radius 3 is 2.67 bits per heavy atom. The van der Waals surface area contributed by atoms with Crippen molar-refractivity contribution in [2.45, 2.75) is 31.2 Å². The molecule has 0 amide bonds. The Morgan fingerprint density at radius 1 is 1.17 bits per heavy atom. The number of rotatable bonds is 2. The lowest BCUT2D eigenvalue weighted by molar-refractivity contribution is 0.161. The Labute approximate surface area is 108 Å². The number of likely N-dealkylation sites (tertiary alicyclic amines) is 1. The molecule has 0 radical (unpaired) electrons. The van der Waals surface area contributed by atoms with Crippen LogP contribution in [0.5, 0.6) is 0 Å². The van der Waals surface area contributed by atoms with E-state index in [-0.39, 0.29) is 5.82 Å². The average molecular weight is 248 g/mol. The van der Waals surface area contributed by atoms with Crippen molar-refractivity contribution in [2.75, 3.05) is 26.2 Å². The van der Waals surface area contributed by atoms with Gasteiger partial charge in [0.2, 0.25) is 0 Å². The number of nitrogens with zero attached hydrogens (tertiary/aromatic N) is 1. The third-order valence-electron chi connectivity index (χ3n) is 4.40. The lowest BCUT2D eigenvalue weighted by Crippen LogP contribution is -2.42. The number of nitrogens with one attached hydrogen (secondary N) is 1. The number of halogens is 1. The highest BCUT2D eigenvalue weighted by molar-refractivity contribution is 5.21. The molecule has 1 atom stereocenters. The molecule has 1 aromatic carbocycles. The standard InChI is InChI=1S/C15H21FN2/c16-14-3-1-2-13(10-14)12-5-8-18(9-6-12)15-4-7-17-11-15/h1-3,10,12,15,17H,4-9,11H2. The monoisotopic (exact) mass is 248 g/mol. The van der Waals surface area contributed by atoms with E-state index < -0.39 is 0 Å². The van der Waals surface area contributed by atoms with Gasteiger partial charge in [0.1, 0.15) is 5.82 Å². The molecule has 0 aliphatic carbocycles. The molecule has 1 unspecified atom stereocenters. The van der Waals surface area contributed by atoms with E-state index >= 15 is 0 Å². The van der Waals surface area contributed by atoms with Crippen molar-refractivity contribution in [3.63, 3.8) is 0 Å². The van der Waals surface area contributed by atoms with Crippen molar-refractivity contribution in [1.82, 2.24) is 10.2 Å². The Balaban J connectivity index is 1.59. The first-order valence-corrected chi connectivity index (χ1v) is 7.03. The van der Waals surface area contributed by atoms with E-state index in [1.165, 1.54) is 30.9 Å². The molecular weight excluding hydrogens is 227 g/mol. The van der Waals surface area contributed by atoms with Gasteiger partial charge >= 0.3 is 0 Å². The molecule has 0 saturated carbocycles. The van der Waals surface area contributed by atoms with Crippen LogP contribution in [0.3, 0.4) is 0 Å². The summed E-state index contributed by atoms with van der Waals surface area (Å²) in [5.41, 5.74) is 1.18. The number of benzene rings is 1. The van der Waals surface area contributed by atoms with Gasteiger partial charge in [-0.05, 0) is 62.5 Å². The smallest absolute Gasteiger partial charge is 0.123 e. The van der Waals surface area contributed by atoms with Crippen LogP contribution in [0.25, 0.3) is 0 Å². The molecule has 1 N–H and O–H groups in total. The summed E-state index contributed by atoms with van der Waals surface area (Å²) in [6, 6.07) is 7.87. The van der Waals surface area contributed by atoms with Crippen LogP contribution in [0.1, 0.15) is 30.7 Å². The molecule has 98 valence electrons. The molecule has 2 heterocycles. The van der Waals surface area contributed by atoms with Gasteiger partial charge in [-0.2, -0.15) is 0 Å². The van der Waals surface area contributed by atoms with E-state index in [0.717, 1.165) is 32.2 Å². The van der Waals surface area contributed by atoms with Gasteiger partial charge in [0.15, 0.2) is 0 Å². The first-order chi connectivity index (χ1) is 8.83. The summed E-state index contributed by atoms with van der Waals surface area (Å²) >= 11 is 0. The second-order valence-electron chi connectivity index (χ2n) is 5.51. The van der Waals surface area contributed by atoms with Crippen molar-refractivity contribution in [2.24, 2.45) is 0 Å². The fraction of sp³-hybridized carbons (Fsp3) is 0.600. The van der Waals surface area contributed by atoms with Crippen LogP contribution in [0.4, 0.5) is 4.39 Å². The van der Waals surface area contributed by atoms with Crippen molar-refractivity contribution in [3.05, 3.63) is 35.6 Å². The van der Waals surface area contributed by atoms with E-state index in [1.807, 2.05) is 6.07 Å². The average Bonchev–Trinajstić information content (AvgIpc) is 2.93. The minimum atomic E-state index is -0.102. The minimum absolute atomic E-state index is 0.102. The van der Waals surface area contributed by atoms with Crippen LogP contribution >= 0.6 is 0 Å². The maximum absolute atomic E-state index is 13.2. The fourth-order valence-corrected chi connectivity index (χ4v) is 3.31. The molecule has 18 heavy (non-hydrogen) atoms. The Hall–Kier alpha value is -0.930. The molecule has 2 nitrogen and oxygen atoms in total. The van der Waals surface area contributed by atoms with Gasteiger partial charge in [-0.3, -0.25) is 4.90 Å². The molecular formula is C15H21FN2. The van der Waals surface area contributed by atoms with Crippen LogP contribution in [0.15, 0.2) is 24.3 Å². The second kappa shape index (κ2) is 5.37. The van der Waals surface area contributed by atoms with E-state index in [4.69, 9.17) is 0 Å². The van der Waals surface area contributed by atoms with Gasteiger partial charge in [0, 0.05) is 12.6 Å². The maximum Gasteiger partial charge on any atom is 0.123 e. The van der Waals surface area contributed by atoms with Crippen LogP contribution < -0.4 is 5.32 Å². The van der Waals surface area contributed by atoms with E-state index in [1.54, 1.807) is 6.07 Å². The van der Waals surface area contributed by atoms with E-state index in [9.17, 15) is 4.39 Å². The normalized spacial score (nSPS) is 26.6. The Kier molecular flexibility index (Phi) is 3.62. The fourth-order valence-electron chi connectivity index (χ4n) is 3.31. The highest BCUT2D eigenvalue weighted by Gasteiger charge is 2.27. The molecule has 2 aliphatic heterocycles. The zero-order valence-corrected chi connectivity index (χ0v) is 10.7. The topological polar surface area (TPSA) is 15.3 Å². The summed E-state index contributed by atoms with van der Waals surface area (Å²) in [5, 5.41) is 3.43. The van der Waals surface area contributed by atoms with Gasteiger partial charge in [-0.15, -0.1) is 0 Å². The first kappa shape index (κ1) is 12.1. The maximum atomic E-state index is 13.2. The third kappa shape index (κ3) is 2.57. The molecule has 3 heteroatoms. The van der Waals surface area contributed by atoms with Crippen LogP contribution in [-0.2, 0) is 0 Å². The highest BCUT2D eigenvalue weighted by Crippen LogP contribution is 2.29. The van der Waals surface area contributed by atoms with E-state index in [2.05, 4.69) is 16.3 Å². The SMILES string of the molecule is Fc1cccc(C2CCN(C3CCNC3)CC2)c1. The zero-order valence-electron chi connectivity index (χ0n) is 10.7. The zero-order chi connectivity index (χ0) is 12.4. The molecule has 0 spiro atoms. The van der Waals surface area contributed by atoms with Gasteiger partial charge in [0.05, 0.1) is 0 Å². The van der Waals surface area contributed by atoms with E-state index in [0.29, 0.717) is 5.92 Å². The van der Waals surface area contributed by atoms with Gasteiger partial charge in [-0.25, -0.2) is 4.39 Å². The first-order valence-electron chi connectivity index (χ1n) is 7.03. The summed E-state index contributed by atoms with van der Waals surface area (Å²) < 4.78 is 13.2. The molecule has 3 rings (SSSR count). The molecule has 2 fully saturated rings. The summed E-state index contributed by atoms with van der Waals surface area (Å²) in [6.07, 6.45) is 3.62. The Bertz CT molecular complexity index is 393. The minimum Gasteiger partial charge on any atom is -0.315 e. The molecule has 0 bridgehead atoms. The summed E-state index contributed by atoms with van der Waals surface area (Å²) in [5.74, 6) is 0.446. The van der Waals surface area contributed by atoms with Crippen molar-refractivity contribution in [1.29, 1.82) is 0 Å². The third-order valence-corrected chi connectivity index (χ3v) is 4.40. The largest absolute Gasteiger partial charge is 0.315 e. The predicted octanol–water partition coefficient (Wildman–Crippen LogP) is 2.37. The summed E-state index contributed by atoms with van der Waals surface area (Å²) in [7, 11) is 0. The molecule has 2 aliphatic rings. The predicted molar refractivity (Wildman–Crippen MR) is 71.2 cm³/mol. The van der Waals surface area contributed by atoms with Gasteiger partial charge in [0.25, 0.3) is 0 Å². The highest BCUT2D eigenvalue weighted by atomic mass is 19.1. The van der Waals surface area contributed by atoms with Gasteiger partial charge < -0.3 is 5.32 Å². The molecule has 2 saturated heterocycles. The molecule has 1 aromatic rings. The summed E-state index contributed by atoms with van der Waals surface area (Å²) in [6.45, 7) is 4.63. The van der Waals surface area contributed by atoms with Crippen molar-refractivity contribution < 1.29 is 4.39 Å². The summed E-state index contributed by atoms with van der Waals surface area (Å²) in [4.78, 5) is 2.61. The lowest BCUT2D eigenvalue weighted by Gasteiger charge is -2.35. The Morgan fingerprint density at radius 2 is 2.00 bits per heavy atom.